The van der Waals surface area contributed by atoms with E-state index < -0.39 is 0 Å². The zero-order chi connectivity index (χ0) is 18.4. The topological polar surface area (TPSA) is 57.3 Å². The van der Waals surface area contributed by atoms with E-state index in [1.807, 2.05) is 0 Å². The van der Waals surface area contributed by atoms with Gasteiger partial charge in [-0.25, -0.2) is 10.5 Å². The summed E-state index contributed by atoms with van der Waals surface area (Å²) in [5.74, 6) is 0. The first-order valence-corrected chi connectivity index (χ1v) is 9.18. The monoisotopic (exact) mass is 426 g/mol. The SMILES string of the molecule is CN(C)CCC[N+]12CCCN(CCCN(C)C1)C2.N#C[S-].N#C[S-].[Mn]. The summed E-state index contributed by atoms with van der Waals surface area (Å²) < 4.78 is 1.31. The molecule has 6 nitrogen and oxygen atoms in total. The minimum Gasteiger partial charge on any atom is -0.696 e. The van der Waals surface area contributed by atoms with Gasteiger partial charge >= 0.3 is 0 Å². The Labute approximate surface area is 175 Å². The van der Waals surface area contributed by atoms with E-state index in [9.17, 15) is 0 Å². The maximum absolute atomic E-state index is 7.13. The number of nitriles is 2. The van der Waals surface area contributed by atoms with E-state index in [1.165, 1.54) is 87.2 Å². The van der Waals surface area contributed by atoms with E-state index in [2.05, 4.69) is 61.1 Å². The zero-order valence-electron chi connectivity index (χ0n) is 15.7. The minimum absolute atomic E-state index is 0. The average Bonchev–Trinajstić information content (AvgIpc) is 2.47. The molecule has 0 spiro atoms. The molecule has 2 rings (SSSR count). The van der Waals surface area contributed by atoms with Crippen LogP contribution in [0.5, 0.6) is 0 Å². The van der Waals surface area contributed by atoms with Gasteiger partial charge in [0.15, 0.2) is 0 Å². The zero-order valence-corrected chi connectivity index (χ0v) is 18.5. The Hall–Kier alpha value is -0.221. The molecular formula is C16H31MnN6S2-. The van der Waals surface area contributed by atoms with Crippen molar-refractivity contribution in [3.05, 3.63) is 0 Å². The molecule has 0 saturated carbocycles. The Bertz CT molecular complexity index is 396. The molecule has 25 heavy (non-hydrogen) atoms. The first-order chi connectivity index (χ1) is 11.4. The summed E-state index contributed by atoms with van der Waals surface area (Å²) in [6.07, 6.45) is 4.05. The largest absolute Gasteiger partial charge is 0.696 e. The number of thiocyanates is 2. The van der Waals surface area contributed by atoms with E-state index in [-0.39, 0.29) is 17.1 Å². The van der Waals surface area contributed by atoms with Crippen LogP contribution >= 0.6 is 0 Å². The Kier molecular flexibility index (Phi) is 17.3. The van der Waals surface area contributed by atoms with E-state index in [1.54, 1.807) is 0 Å². The van der Waals surface area contributed by atoms with Gasteiger partial charge in [0.2, 0.25) is 0 Å². The van der Waals surface area contributed by atoms with Gasteiger partial charge in [0.25, 0.3) is 0 Å². The molecule has 0 N–H and O–H groups in total. The third kappa shape index (κ3) is 12.7. The number of hydrogen-bond donors (Lipinski definition) is 0. The van der Waals surface area contributed by atoms with Crippen molar-refractivity contribution in [2.24, 2.45) is 0 Å². The van der Waals surface area contributed by atoms with Crippen LogP contribution < -0.4 is 0 Å². The molecule has 2 bridgehead atoms. The molecule has 0 aromatic carbocycles. The number of quaternary nitrogens is 1. The minimum atomic E-state index is 0. The van der Waals surface area contributed by atoms with E-state index in [4.69, 9.17) is 10.5 Å². The Morgan fingerprint density at radius 2 is 1.60 bits per heavy atom. The van der Waals surface area contributed by atoms with Gasteiger partial charge in [-0.3, -0.25) is 14.3 Å². The van der Waals surface area contributed by atoms with Crippen molar-refractivity contribution >= 4 is 25.3 Å². The van der Waals surface area contributed by atoms with Crippen LogP contribution in [0.2, 0.25) is 0 Å². The molecule has 0 aromatic heterocycles. The summed E-state index contributed by atoms with van der Waals surface area (Å²) in [6, 6.07) is 0. The van der Waals surface area contributed by atoms with Gasteiger partial charge in [0, 0.05) is 56.1 Å². The van der Waals surface area contributed by atoms with Gasteiger partial charge in [-0.1, -0.05) is 10.8 Å². The fourth-order valence-electron chi connectivity index (χ4n) is 3.62. The Morgan fingerprint density at radius 1 is 1.04 bits per heavy atom. The second kappa shape index (κ2) is 16.0. The first kappa shape index (κ1) is 27.0. The summed E-state index contributed by atoms with van der Waals surface area (Å²) in [5.41, 5.74) is 0. The third-order valence-electron chi connectivity index (χ3n) is 4.40. The van der Waals surface area contributed by atoms with Crippen molar-refractivity contribution in [1.29, 1.82) is 10.5 Å². The average molecular weight is 427 g/mol. The molecule has 0 amide bonds. The second-order valence-corrected chi connectivity index (χ2v) is 7.18. The molecule has 2 atom stereocenters. The molecular weight excluding hydrogens is 395 g/mol. The van der Waals surface area contributed by atoms with Gasteiger partial charge in [0.05, 0.1) is 13.1 Å². The fourth-order valence-corrected chi connectivity index (χ4v) is 3.62. The summed E-state index contributed by atoms with van der Waals surface area (Å²) >= 11 is 7.40. The van der Waals surface area contributed by atoms with Crippen LogP contribution in [0.15, 0.2) is 0 Å². The van der Waals surface area contributed by atoms with Crippen LogP contribution in [0.4, 0.5) is 0 Å². The maximum atomic E-state index is 7.13. The van der Waals surface area contributed by atoms with Crippen LogP contribution in [-0.2, 0) is 42.3 Å². The Balaban J connectivity index is 0. The van der Waals surface area contributed by atoms with Crippen molar-refractivity contribution in [3.8, 4) is 10.8 Å². The van der Waals surface area contributed by atoms with E-state index in [0.717, 1.165) is 0 Å². The van der Waals surface area contributed by atoms with E-state index >= 15 is 0 Å². The van der Waals surface area contributed by atoms with Gasteiger partial charge in [-0.15, -0.1) is 0 Å². The summed E-state index contributed by atoms with van der Waals surface area (Å²) in [6.45, 7) is 10.4. The first-order valence-electron chi connectivity index (χ1n) is 8.36. The van der Waals surface area contributed by atoms with Crippen molar-refractivity contribution in [2.45, 2.75) is 19.3 Å². The smallest absolute Gasteiger partial charge is 0.136 e. The molecule has 2 unspecified atom stereocenters. The molecule has 2 saturated heterocycles. The van der Waals surface area contributed by atoms with Crippen molar-refractivity contribution in [3.63, 3.8) is 0 Å². The molecule has 2 fully saturated rings. The molecule has 2 heterocycles. The van der Waals surface area contributed by atoms with E-state index in [0.29, 0.717) is 0 Å². The molecule has 0 aliphatic carbocycles. The van der Waals surface area contributed by atoms with Gasteiger partial charge in [0.1, 0.15) is 13.3 Å². The molecule has 2 aliphatic rings. The Morgan fingerprint density at radius 3 is 2.16 bits per heavy atom. The normalized spacial score (nSPS) is 25.3. The maximum Gasteiger partial charge on any atom is 0.136 e. The summed E-state index contributed by atoms with van der Waals surface area (Å²) in [4.78, 5) is 7.57. The fraction of sp³-hybridized carbons (Fsp3) is 0.875. The number of hydrogen-bond acceptors (Lipinski definition) is 7. The van der Waals surface area contributed by atoms with Gasteiger partial charge in [-0.2, -0.15) is 0 Å². The molecule has 0 aromatic rings. The van der Waals surface area contributed by atoms with Gasteiger partial charge < -0.3 is 30.2 Å². The van der Waals surface area contributed by atoms with Gasteiger partial charge in [-0.05, 0) is 27.6 Å². The molecule has 2 aliphatic heterocycles. The van der Waals surface area contributed by atoms with Crippen molar-refractivity contribution in [1.82, 2.24) is 14.7 Å². The number of nitrogens with zero attached hydrogens (tertiary/aromatic N) is 6. The van der Waals surface area contributed by atoms with Crippen molar-refractivity contribution < 1.29 is 21.6 Å². The standard InChI is InChI=1S/C14H31N4.2CHNS.Mn/c1-15(2)7-5-11-18-12-6-10-17(14-18)9-4-8-16(3)13-18;2*2-1-3;/h4-14H2,1-3H3;2*3H;/q+1;;;/p-2. The summed E-state index contributed by atoms with van der Waals surface area (Å²) in [7, 11) is 6.67. The molecule has 9 heteroatoms. The predicted octanol–water partition coefficient (Wildman–Crippen LogP) is 0.737. The number of rotatable bonds is 4. The van der Waals surface area contributed by atoms with Crippen LogP contribution in [0.1, 0.15) is 19.3 Å². The van der Waals surface area contributed by atoms with Crippen molar-refractivity contribution in [2.75, 3.05) is 73.7 Å². The summed E-state index contributed by atoms with van der Waals surface area (Å²) in [5, 5.41) is 16.9. The quantitative estimate of drug-likeness (QED) is 0.284. The van der Waals surface area contributed by atoms with Crippen LogP contribution in [0, 0.1) is 21.3 Å². The second-order valence-electron chi connectivity index (χ2n) is 6.82. The van der Waals surface area contributed by atoms with Crippen LogP contribution in [-0.4, -0.2) is 92.9 Å². The third-order valence-corrected chi connectivity index (χ3v) is 4.40. The molecule has 1 radical (unpaired) electrons. The van der Waals surface area contributed by atoms with Crippen LogP contribution in [0.3, 0.4) is 0 Å². The number of fused-ring (bicyclic) bond motifs is 2. The van der Waals surface area contributed by atoms with Crippen LogP contribution in [0.25, 0.3) is 0 Å². The predicted molar refractivity (Wildman–Crippen MR) is 102 cm³/mol. The molecule has 145 valence electrons.